The lowest BCUT2D eigenvalue weighted by molar-refractivity contribution is 0.288. The predicted molar refractivity (Wildman–Crippen MR) is 72.5 cm³/mol. The third-order valence-electron chi connectivity index (χ3n) is 3.41. The van der Waals surface area contributed by atoms with Crippen LogP contribution in [-0.2, 0) is 0 Å². The minimum Gasteiger partial charge on any atom is -0.327 e. The summed E-state index contributed by atoms with van der Waals surface area (Å²) in [4.78, 5) is 5.22. The van der Waals surface area contributed by atoms with E-state index in [1.165, 1.54) is 6.07 Å². The molecule has 18 heavy (non-hydrogen) atoms. The van der Waals surface area contributed by atoms with Crippen molar-refractivity contribution in [3.63, 3.8) is 0 Å². The van der Waals surface area contributed by atoms with E-state index in [0.717, 1.165) is 31.7 Å². The van der Waals surface area contributed by atoms with Crippen LogP contribution in [0.25, 0.3) is 11.0 Å². The van der Waals surface area contributed by atoms with Crippen LogP contribution in [0.2, 0.25) is 0 Å². The Bertz CT molecular complexity index is 625. The van der Waals surface area contributed by atoms with E-state index >= 15 is 0 Å². The van der Waals surface area contributed by atoms with Gasteiger partial charge in [0.2, 0.25) is 0 Å². The van der Waals surface area contributed by atoms with Crippen molar-refractivity contribution in [2.24, 2.45) is 0 Å². The van der Waals surface area contributed by atoms with Gasteiger partial charge in [-0.3, -0.25) is 0 Å². The number of benzene rings is 1. The highest BCUT2D eigenvalue weighted by atomic mass is 32.1. The Morgan fingerprint density at radius 2 is 1.94 bits per heavy atom. The molecule has 1 aromatic carbocycles. The van der Waals surface area contributed by atoms with Crippen LogP contribution in [0.1, 0.15) is 0 Å². The third kappa shape index (κ3) is 1.81. The monoisotopic (exact) mass is 266 g/mol. The van der Waals surface area contributed by atoms with Crippen molar-refractivity contribution in [3.8, 4) is 0 Å². The molecule has 0 aliphatic carbocycles. The van der Waals surface area contributed by atoms with Gasteiger partial charge in [-0.1, -0.05) is 6.07 Å². The van der Waals surface area contributed by atoms with Crippen LogP contribution in [-0.4, -0.2) is 47.8 Å². The Morgan fingerprint density at radius 3 is 2.67 bits per heavy atom. The summed E-state index contributed by atoms with van der Waals surface area (Å²) in [7, 11) is 2.10. The van der Waals surface area contributed by atoms with Crippen LogP contribution < -0.4 is 5.01 Å². The first-order chi connectivity index (χ1) is 8.66. The zero-order valence-electron chi connectivity index (χ0n) is 10.2. The molecule has 1 saturated heterocycles. The van der Waals surface area contributed by atoms with Gasteiger partial charge in [-0.25, -0.2) is 9.07 Å². The molecule has 0 atom stereocenters. The first-order valence-electron chi connectivity index (χ1n) is 6.00. The molecule has 0 unspecified atom stereocenters. The summed E-state index contributed by atoms with van der Waals surface area (Å²) >= 11 is 5.31. The van der Waals surface area contributed by atoms with E-state index in [1.54, 1.807) is 6.07 Å². The van der Waals surface area contributed by atoms with Gasteiger partial charge in [-0.05, 0) is 31.4 Å². The number of nitrogens with zero attached hydrogens (tertiary/aromatic N) is 3. The summed E-state index contributed by atoms with van der Waals surface area (Å²) in [5.74, 6) is -0.258. The van der Waals surface area contributed by atoms with Gasteiger partial charge in [0, 0.05) is 26.2 Å². The summed E-state index contributed by atoms with van der Waals surface area (Å²) in [5, 5.41) is 2.17. The van der Waals surface area contributed by atoms with Crippen molar-refractivity contribution in [2.75, 3.05) is 38.2 Å². The van der Waals surface area contributed by atoms with Crippen LogP contribution in [0, 0.1) is 10.6 Å². The summed E-state index contributed by atoms with van der Waals surface area (Å²) in [6.45, 7) is 3.77. The zero-order chi connectivity index (χ0) is 12.7. The maximum absolute atomic E-state index is 13.7. The first kappa shape index (κ1) is 11.7. The zero-order valence-corrected chi connectivity index (χ0v) is 11.0. The molecular weight excluding hydrogens is 251 g/mol. The molecule has 0 radical (unpaired) electrons. The van der Waals surface area contributed by atoms with Crippen molar-refractivity contribution in [2.45, 2.75) is 0 Å². The molecule has 2 heterocycles. The minimum atomic E-state index is -0.258. The van der Waals surface area contributed by atoms with Gasteiger partial charge in [0.25, 0.3) is 0 Å². The van der Waals surface area contributed by atoms with Gasteiger partial charge in [-0.15, -0.1) is 0 Å². The molecule has 6 heteroatoms. The molecule has 3 rings (SSSR count). The van der Waals surface area contributed by atoms with Crippen LogP contribution in [0.3, 0.4) is 0 Å². The number of aromatic amines is 1. The van der Waals surface area contributed by atoms with Gasteiger partial charge in [0.05, 0.1) is 5.52 Å². The molecule has 0 bridgehead atoms. The number of H-pyrrole nitrogens is 1. The number of likely N-dealkylation sites (N-methyl/N-ethyl adjacent to an activating group) is 1. The van der Waals surface area contributed by atoms with Gasteiger partial charge in [0.15, 0.2) is 4.77 Å². The number of hydrogen-bond acceptors (Lipinski definition) is 3. The number of imidazole rings is 1. The second-order valence-corrected chi connectivity index (χ2v) is 5.02. The predicted octanol–water partition coefficient (Wildman–Crippen LogP) is 1.72. The molecule has 2 aromatic rings. The average molecular weight is 266 g/mol. The third-order valence-corrected chi connectivity index (χ3v) is 3.68. The van der Waals surface area contributed by atoms with E-state index in [1.807, 2.05) is 10.7 Å². The average Bonchev–Trinajstić information content (AvgIpc) is 2.69. The van der Waals surface area contributed by atoms with E-state index in [-0.39, 0.29) is 5.82 Å². The topological polar surface area (TPSA) is 27.2 Å². The fourth-order valence-electron chi connectivity index (χ4n) is 2.36. The van der Waals surface area contributed by atoms with Gasteiger partial charge in [-0.2, -0.15) is 0 Å². The highest BCUT2D eigenvalue weighted by molar-refractivity contribution is 7.71. The molecule has 0 saturated carbocycles. The molecule has 96 valence electrons. The molecular formula is C12H15FN4S. The number of halogens is 1. The molecule has 1 N–H and O–H groups in total. The Morgan fingerprint density at radius 1 is 1.22 bits per heavy atom. The number of aromatic nitrogens is 2. The minimum absolute atomic E-state index is 0.258. The first-order valence-corrected chi connectivity index (χ1v) is 6.40. The van der Waals surface area contributed by atoms with Crippen LogP contribution in [0.5, 0.6) is 0 Å². The van der Waals surface area contributed by atoms with Gasteiger partial charge in [0.1, 0.15) is 11.3 Å². The molecule has 4 nitrogen and oxygen atoms in total. The number of hydrogen-bond donors (Lipinski definition) is 1. The van der Waals surface area contributed by atoms with Gasteiger partial charge >= 0.3 is 0 Å². The normalized spacial score (nSPS) is 17.6. The number of rotatable bonds is 1. The Balaban J connectivity index is 2.09. The molecule has 1 aliphatic rings. The van der Waals surface area contributed by atoms with Crippen LogP contribution >= 0.6 is 12.2 Å². The fourth-order valence-corrected chi connectivity index (χ4v) is 2.67. The van der Waals surface area contributed by atoms with Crippen LogP contribution in [0.15, 0.2) is 18.2 Å². The quantitative estimate of drug-likeness (QED) is 0.796. The largest absolute Gasteiger partial charge is 0.327 e. The lowest BCUT2D eigenvalue weighted by atomic mass is 10.3. The van der Waals surface area contributed by atoms with Crippen LogP contribution in [0.4, 0.5) is 4.39 Å². The number of piperazine rings is 1. The summed E-state index contributed by atoms with van der Waals surface area (Å²) in [6.07, 6.45) is 0. The number of fused-ring (bicyclic) bond motifs is 1. The Labute approximate surface area is 110 Å². The molecule has 1 aliphatic heterocycles. The van der Waals surface area contributed by atoms with Gasteiger partial charge < -0.3 is 14.9 Å². The van der Waals surface area contributed by atoms with E-state index in [2.05, 4.69) is 21.9 Å². The second kappa shape index (κ2) is 4.37. The van der Waals surface area contributed by atoms with E-state index in [0.29, 0.717) is 10.3 Å². The Kier molecular flexibility index (Phi) is 2.83. The SMILES string of the molecule is CN1CCN(n2c(=S)[nH]c3c(F)cccc32)CC1. The van der Waals surface area contributed by atoms with Crippen molar-refractivity contribution in [1.82, 2.24) is 14.6 Å². The van der Waals surface area contributed by atoms with Crippen molar-refractivity contribution < 1.29 is 4.39 Å². The second-order valence-electron chi connectivity index (χ2n) is 4.63. The summed E-state index contributed by atoms with van der Waals surface area (Å²) in [6, 6.07) is 5.05. The number of nitrogens with one attached hydrogen (secondary N) is 1. The van der Waals surface area contributed by atoms with E-state index in [9.17, 15) is 4.39 Å². The fraction of sp³-hybridized carbons (Fsp3) is 0.417. The lowest BCUT2D eigenvalue weighted by Gasteiger charge is -2.34. The van der Waals surface area contributed by atoms with E-state index < -0.39 is 0 Å². The summed E-state index contributed by atoms with van der Waals surface area (Å²) < 4.78 is 16.2. The smallest absolute Gasteiger partial charge is 0.197 e. The highest BCUT2D eigenvalue weighted by Crippen LogP contribution is 2.18. The van der Waals surface area contributed by atoms with Crippen molar-refractivity contribution in [1.29, 1.82) is 0 Å². The lowest BCUT2D eigenvalue weighted by Crippen LogP contribution is -2.49. The maximum Gasteiger partial charge on any atom is 0.197 e. The van der Waals surface area contributed by atoms with Crippen molar-refractivity contribution >= 4 is 23.3 Å². The number of para-hydroxylation sites is 1. The Hall–Kier alpha value is -1.40. The van der Waals surface area contributed by atoms with Crippen molar-refractivity contribution in [3.05, 3.63) is 28.8 Å². The molecule has 0 amide bonds. The molecule has 1 fully saturated rings. The van der Waals surface area contributed by atoms with E-state index in [4.69, 9.17) is 12.2 Å². The standard InChI is InChI=1S/C12H15FN4S/c1-15-5-7-16(8-6-15)17-10-4-2-3-9(13)11(10)14-12(17)18/h2-4H,5-8H2,1H3,(H,14,18). The highest BCUT2D eigenvalue weighted by Gasteiger charge is 2.18. The summed E-state index contributed by atoms with van der Waals surface area (Å²) in [5.41, 5.74) is 1.30. The maximum atomic E-state index is 13.7. The molecule has 1 aromatic heterocycles. The molecule has 0 spiro atoms.